The van der Waals surface area contributed by atoms with Crippen molar-refractivity contribution >= 4 is 5.91 Å². The van der Waals surface area contributed by atoms with E-state index in [9.17, 15) is 9.90 Å². The number of hydrogen-bond acceptors (Lipinski definition) is 4. The molecule has 0 bridgehead atoms. The molecule has 5 heteroatoms. The van der Waals surface area contributed by atoms with E-state index in [-0.39, 0.29) is 23.8 Å². The number of amides is 1. The Balaban J connectivity index is 1.73. The number of nitrogens with one attached hydrogen (secondary N) is 1. The van der Waals surface area contributed by atoms with Crippen LogP contribution in [0.5, 0.6) is 0 Å². The van der Waals surface area contributed by atoms with Crippen LogP contribution in [0.25, 0.3) is 0 Å². The molecule has 1 atom stereocenters. The Hall–Kier alpha value is -0.650. The SMILES string of the molecule is C[C@H](CN1CCOCC1)C(=O)NCC1(CO)CCCC1. The summed E-state index contributed by atoms with van der Waals surface area (Å²) in [6.07, 6.45) is 4.39. The maximum Gasteiger partial charge on any atom is 0.224 e. The molecule has 0 aromatic carbocycles. The molecule has 2 N–H and O–H groups in total. The average Bonchev–Trinajstić information content (AvgIpc) is 2.95. The lowest BCUT2D eigenvalue weighted by molar-refractivity contribution is -0.126. The molecule has 116 valence electrons. The summed E-state index contributed by atoms with van der Waals surface area (Å²) in [5.74, 6) is 0.0986. The third-order valence-electron chi connectivity index (χ3n) is 4.72. The second kappa shape index (κ2) is 7.38. The molecule has 1 heterocycles. The lowest BCUT2D eigenvalue weighted by atomic mass is 9.87. The quantitative estimate of drug-likeness (QED) is 0.751. The van der Waals surface area contributed by atoms with Gasteiger partial charge in [0, 0.05) is 37.5 Å². The Morgan fingerprint density at radius 2 is 2.00 bits per heavy atom. The number of carbonyl (C=O) groups is 1. The fourth-order valence-corrected chi connectivity index (χ4v) is 3.22. The zero-order chi connectivity index (χ0) is 14.4. The Labute approximate surface area is 121 Å². The van der Waals surface area contributed by atoms with Crippen LogP contribution in [-0.4, -0.2) is 61.9 Å². The lowest BCUT2D eigenvalue weighted by Gasteiger charge is -2.30. The van der Waals surface area contributed by atoms with Gasteiger partial charge >= 0.3 is 0 Å². The molecular formula is C15H28N2O3. The van der Waals surface area contributed by atoms with Gasteiger partial charge in [-0.25, -0.2) is 0 Å². The molecule has 1 amide bonds. The molecular weight excluding hydrogens is 256 g/mol. The first kappa shape index (κ1) is 15.7. The van der Waals surface area contributed by atoms with Gasteiger partial charge in [-0.05, 0) is 12.8 Å². The summed E-state index contributed by atoms with van der Waals surface area (Å²) >= 11 is 0. The molecule has 20 heavy (non-hydrogen) atoms. The van der Waals surface area contributed by atoms with E-state index in [0.29, 0.717) is 6.54 Å². The number of hydrogen-bond donors (Lipinski definition) is 2. The Kier molecular flexibility index (Phi) is 5.81. The summed E-state index contributed by atoms with van der Waals surface area (Å²) in [4.78, 5) is 14.5. The van der Waals surface area contributed by atoms with E-state index < -0.39 is 0 Å². The van der Waals surface area contributed by atoms with Crippen LogP contribution in [0.1, 0.15) is 32.6 Å². The van der Waals surface area contributed by atoms with E-state index >= 15 is 0 Å². The van der Waals surface area contributed by atoms with Gasteiger partial charge in [0.05, 0.1) is 19.8 Å². The van der Waals surface area contributed by atoms with Crippen molar-refractivity contribution in [3.63, 3.8) is 0 Å². The van der Waals surface area contributed by atoms with Crippen molar-refractivity contribution in [1.82, 2.24) is 10.2 Å². The van der Waals surface area contributed by atoms with Crippen molar-refractivity contribution in [2.24, 2.45) is 11.3 Å². The van der Waals surface area contributed by atoms with Crippen molar-refractivity contribution in [2.75, 3.05) is 46.0 Å². The minimum Gasteiger partial charge on any atom is -0.396 e. The highest BCUT2D eigenvalue weighted by atomic mass is 16.5. The van der Waals surface area contributed by atoms with Crippen LogP contribution in [0, 0.1) is 11.3 Å². The maximum atomic E-state index is 12.2. The van der Waals surface area contributed by atoms with E-state index in [4.69, 9.17) is 4.74 Å². The monoisotopic (exact) mass is 284 g/mol. The molecule has 5 nitrogen and oxygen atoms in total. The molecule has 1 saturated carbocycles. The van der Waals surface area contributed by atoms with Gasteiger partial charge in [-0.3, -0.25) is 9.69 Å². The fraction of sp³-hybridized carbons (Fsp3) is 0.933. The molecule has 1 aliphatic heterocycles. The topological polar surface area (TPSA) is 61.8 Å². The van der Waals surface area contributed by atoms with Gasteiger partial charge in [-0.15, -0.1) is 0 Å². The van der Waals surface area contributed by atoms with Gasteiger partial charge in [-0.1, -0.05) is 19.8 Å². The third kappa shape index (κ3) is 4.17. The lowest BCUT2D eigenvalue weighted by Crippen LogP contribution is -2.45. The average molecular weight is 284 g/mol. The van der Waals surface area contributed by atoms with Crippen LogP contribution in [0.2, 0.25) is 0 Å². The van der Waals surface area contributed by atoms with Crippen molar-refractivity contribution in [3.8, 4) is 0 Å². The van der Waals surface area contributed by atoms with E-state index in [2.05, 4.69) is 10.2 Å². The number of ether oxygens (including phenoxy) is 1. The molecule has 0 unspecified atom stereocenters. The second-order valence-electron chi connectivity index (χ2n) is 6.40. The maximum absolute atomic E-state index is 12.2. The summed E-state index contributed by atoms with van der Waals surface area (Å²) in [5, 5.41) is 12.6. The van der Waals surface area contributed by atoms with Crippen molar-refractivity contribution in [2.45, 2.75) is 32.6 Å². The van der Waals surface area contributed by atoms with E-state index in [0.717, 1.165) is 45.7 Å². The largest absolute Gasteiger partial charge is 0.396 e. The van der Waals surface area contributed by atoms with Gasteiger partial charge in [0.2, 0.25) is 5.91 Å². The van der Waals surface area contributed by atoms with Gasteiger partial charge < -0.3 is 15.2 Å². The van der Waals surface area contributed by atoms with Crippen molar-refractivity contribution in [1.29, 1.82) is 0 Å². The normalized spacial score (nSPS) is 24.5. The van der Waals surface area contributed by atoms with Crippen LogP contribution in [0.4, 0.5) is 0 Å². The summed E-state index contributed by atoms with van der Waals surface area (Å²) in [7, 11) is 0. The van der Waals surface area contributed by atoms with E-state index in [1.54, 1.807) is 0 Å². The van der Waals surface area contributed by atoms with Gasteiger partial charge in [0.25, 0.3) is 0 Å². The Bertz CT molecular complexity index is 310. The van der Waals surface area contributed by atoms with Crippen molar-refractivity contribution < 1.29 is 14.6 Å². The standard InChI is InChI=1S/C15H28N2O3/c1-13(10-17-6-8-20-9-7-17)14(19)16-11-15(12-18)4-2-3-5-15/h13,18H,2-12H2,1H3,(H,16,19)/t13-/m1/s1. The summed E-state index contributed by atoms with van der Waals surface area (Å²) in [6.45, 7) is 6.94. The summed E-state index contributed by atoms with van der Waals surface area (Å²) in [6, 6.07) is 0. The molecule has 2 rings (SSSR count). The van der Waals surface area contributed by atoms with Gasteiger partial charge in [0.15, 0.2) is 0 Å². The first-order chi connectivity index (χ1) is 9.65. The fourth-order valence-electron chi connectivity index (χ4n) is 3.22. The second-order valence-corrected chi connectivity index (χ2v) is 6.40. The highest BCUT2D eigenvalue weighted by Gasteiger charge is 2.33. The highest BCUT2D eigenvalue weighted by molar-refractivity contribution is 5.78. The number of rotatable bonds is 6. The van der Waals surface area contributed by atoms with E-state index in [1.165, 1.54) is 12.8 Å². The third-order valence-corrected chi connectivity index (χ3v) is 4.72. The van der Waals surface area contributed by atoms with Crippen molar-refractivity contribution in [3.05, 3.63) is 0 Å². The zero-order valence-electron chi connectivity index (χ0n) is 12.6. The Morgan fingerprint density at radius 1 is 1.35 bits per heavy atom. The molecule has 2 fully saturated rings. The predicted molar refractivity (Wildman–Crippen MR) is 77.4 cm³/mol. The minimum atomic E-state index is -0.0612. The molecule has 0 spiro atoms. The predicted octanol–water partition coefficient (Wildman–Crippen LogP) is 0.624. The number of morpholine rings is 1. The number of aliphatic hydroxyl groups is 1. The number of carbonyl (C=O) groups excluding carboxylic acids is 1. The van der Waals surface area contributed by atoms with Crippen LogP contribution in [0.15, 0.2) is 0 Å². The highest BCUT2D eigenvalue weighted by Crippen LogP contribution is 2.36. The molecule has 0 radical (unpaired) electrons. The zero-order valence-corrected chi connectivity index (χ0v) is 12.6. The van der Waals surface area contributed by atoms with Crippen LogP contribution in [0.3, 0.4) is 0 Å². The minimum absolute atomic E-state index is 0.00903. The molecule has 2 aliphatic rings. The number of aliphatic hydroxyl groups excluding tert-OH is 1. The first-order valence-corrected chi connectivity index (χ1v) is 7.84. The number of nitrogens with zero attached hydrogens (tertiary/aromatic N) is 1. The van der Waals surface area contributed by atoms with E-state index in [1.807, 2.05) is 6.92 Å². The molecule has 1 aliphatic carbocycles. The van der Waals surface area contributed by atoms with Gasteiger partial charge in [0.1, 0.15) is 0 Å². The molecule has 0 aromatic rings. The molecule has 0 aromatic heterocycles. The van der Waals surface area contributed by atoms with Crippen LogP contribution < -0.4 is 5.32 Å². The summed E-state index contributed by atoms with van der Waals surface area (Å²) < 4.78 is 5.31. The first-order valence-electron chi connectivity index (χ1n) is 7.84. The molecule has 1 saturated heterocycles. The Morgan fingerprint density at radius 3 is 2.60 bits per heavy atom. The van der Waals surface area contributed by atoms with Gasteiger partial charge in [-0.2, -0.15) is 0 Å². The smallest absolute Gasteiger partial charge is 0.224 e. The van der Waals surface area contributed by atoms with Crippen LogP contribution in [-0.2, 0) is 9.53 Å². The van der Waals surface area contributed by atoms with Crippen LogP contribution >= 0.6 is 0 Å². The summed E-state index contributed by atoms with van der Waals surface area (Å²) in [5.41, 5.74) is -0.0612.